The first-order valence-corrected chi connectivity index (χ1v) is 7.31. The first kappa shape index (κ1) is 12.9. The number of benzene rings is 2. The first-order chi connectivity index (χ1) is 9.08. The van der Waals surface area contributed by atoms with Crippen molar-refractivity contribution in [3.63, 3.8) is 0 Å². The summed E-state index contributed by atoms with van der Waals surface area (Å²) >= 11 is 14.9. The summed E-state index contributed by atoms with van der Waals surface area (Å²) in [4.78, 5) is 3.26. The van der Waals surface area contributed by atoms with Crippen molar-refractivity contribution in [1.29, 1.82) is 0 Å². The van der Waals surface area contributed by atoms with Crippen LogP contribution < -0.4 is 0 Å². The highest BCUT2D eigenvalue weighted by molar-refractivity contribution is 9.10. The maximum Gasteiger partial charge on any atom is 0.182 e. The van der Waals surface area contributed by atoms with Crippen molar-refractivity contribution >= 4 is 50.8 Å². The third-order valence-electron chi connectivity index (χ3n) is 3.09. The van der Waals surface area contributed by atoms with E-state index in [1.807, 2.05) is 28.8 Å². The van der Waals surface area contributed by atoms with E-state index in [9.17, 15) is 0 Å². The van der Waals surface area contributed by atoms with Crippen molar-refractivity contribution in [1.82, 2.24) is 9.55 Å². The number of halogens is 2. The number of nitrogens with zero attached hydrogens (tertiary/aromatic N) is 1. The van der Waals surface area contributed by atoms with Crippen molar-refractivity contribution in [2.75, 3.05) is 0 Å². The van der Waals surface area contributed by atoms with Gasteiger partial charge in [0.2, 0.25) is 0 Å². The van der Waals surface area contributed by atoms with Gasteiger partial charge >= 0.3 is 0 Å². The van der Waals surface area contributed by atoms with Gasteiger partial charge in [0.05, 0.1) is 16.1 Å². The number of nitrogens with one attached hydrogen (secondary N) is 1. The monoisotopic (exact) mass is 352 g/mol. The van der Waals surface area contributed by atoms with Gasteiger partial charge < -0.3 is 4.98 Å². The number of aryl methyl sites for hydroxylation is 1. The van der Waals surface area contributed by atoms with Crippen molar-refractivity contribution in [2.24, 2.45) is 0 Å². The Labute approximate surface area is 129 Å². The summed E-state index contributed by atoms with van der Waals surface area (Å²) in [6.45, 7) is 2.07. The van der Waals surface area contributed by atoms with Gasteiger partial charge in [0, 0.05) is 10.2 Å². The highest BCUT2D eigenvalue weighted by atomic mass is 79.9. The molecule has 19 heavy (non-hydrogen) atoms. The Hall–Kier alpha value is -1.10. The van der Waals surface area contributed by atoms with Gasteiger partial charge in [0.25, 0.3) is 0 Å². The van der Waals surface area contributed by atoms with Gasteiger partial charge in [0.15, 0.2) is 4.77 Å². The molecule has 0 unspecified atom stereocenters. The molecule has 0 saturated heterocycles. The van der Waals surface area contributed by atoms with Crippen molar-refractivity contribution in [3.8, 4) is 5.69 Å². The van der Waals surface area contributed by atoms with Crippen LogP contribution in [0.1, 0.15) is 5.56 Å². The molecule has 2 nitrogen and oxygen atoms in total. The summed E-state index contributed by atoms with van der Waals surface area (Å²) in [5.74, 6) is 0. The van der Waals surface area contributed by atoms with E-state index >= 15 is 0 Å². The second-order valence-electron chi connectivity index (χ2n) is 4.33. The van der Waals surface area contributed by atoms with Crippen LogP contribution in [0.4, 0.5) is 0 Å². The van der Waals surface area contributed by atoms with Gasteiger partial charge in [-0.2, -0.15) is 0 Å². The van der Waals surface area contributed by atoms with Crippen molar-refractivity contribution in [2.45, 2.75) is 6.92 Å². The number of hydrogen-bond acceptors (Lipinski definition) is 1. The van der Waals surface area contributed by atoms with Gasteiger partial charge in [-0.3, -0.25) is 4.57 Å². The average molecular weight is 354 g/mol. The minimum absolute atomic E-state index is 0.679. The molecule has 0 fully saturated rings. The van der Waals surface area contributed by atoms with E-state index in [1.165, 1.54) is 5.56 Å². The van der Waals surface area contributed by atoms with Gasteiger partial charge in [-0.05, 0) is 64.9 Å². The third kappa shape index (κ3) is 2.14. The first-order valence-electron chi connectivity index (χ1n) is 5.73. The Kier molecular flexibility index (Phi) is 3.25. The number of para-hydroxylation sites is 1. The Morgan fingerprint density at radius 2 is 2.05 bits per heavy atom. The summed E-state index contributed by atoms with van der Waals surface area (Å²) < 4.78 is 3.55. The Morgan fingerprint density at radius 1 is 1.26 bits per heavy atom. The number of rotatable bonds is 1. The number of aromatic nitrogens is 2. The molecule has 0 atom stereocenters. The van der Waals surface area contributed by atoms with Crippen LogP contribution >= 0.6 is 39.7 Å². The molecule has 5 heteroatoms. The predicted molar refractivity (Wildman–Crippen MR) is 85.9 cm³/mol. The third-order valence-corrected chi connectivity index (χ3v) is 4.59. The summed E-state index contributed by atoms with van der Waals surface area (Å²) in [5, 5.41) is 0.686. The molecule has 0 aliphatic rings. The molecule has 3 aromatic rings. The van der Waals surface area contributed by atoms with E-state index in [1.54, 1.807) is 0 Å². The van der Waals surface area contributed by atoms with E-state index in [2.05, 4.69) is 40.0 Å². The summed E-state index contributed by atoms with van der Waals surface area (Å²) in [7, 11) is 0. The normalized spacial score (nSPS) is 11.1. The van der Waals surface area contributed by atoms with E-state index in [4.69, 9.17) is 23.8 Å². The molecule has 0 radical (unpaired) electrons. The average Bonchev–Trinajstić information content (AvgIpc) is 2.71. The van der Waals surface area contributed by atoms with E-state index < -0.39 is 0 Å². The van der Waals surface area contributed by atoms with Gasteiger partial charge in [-0.15, -0.1) is 0 Å². The quantitative estimate of drug-likeness (QED) is 0.580. The summed E-state index contributed by atoms with van der Waals surface area (Å²) in [5.41, 5.74) is 4.30. The van der Waals surface area contributed by atoms with Crippen LogP contribution in [-0.4, -0.2) is 9.55 Å². The minimum Gasteiger partial charge on any atom is -0.330 e. The fourth-order valence-electron chi connectivity index (χ4n) is 2.15. The number of fused-ring (bicyclic) bond motifs is 1. The van der Waals surface area contributed by atoms with E-state index in [0.717, 1.165) is 21.2 Å². The number of H-pyrrole nitrogens is 1. The lowest BCUT2D eigenvalue weighted by molar-refractivity contribution is 1.06. The Balaban J connectivity index is 2.36. The molecule has 0 saturated carbocycles. The second kappa shape index (κ2) is 4.78. The zero-order chi connectivity index (χ0) is 13.6. The molecule has 1 aromatic heterocycles. The van der Waals surface area contributed by atoms with Crippen LogP contribution in [-0.2, 0) is 0 Å². The highest BCUT2D eigenvalue weighted by Gasteiger charge is 2.09. The maximum absolute atomic E-state index is 6.04. The van der Waals surface area contributed by atoms with Crippen LogP contribution in [0.3, 0.4) is 0 Å². The smallest absolute Gasteiger partial charge is 0.182 e. The zero-order valence-corrected chi connectivity index (χ0v) is 13.2. The lowest BCUT2D eigenvalue weighted by Crippen LogP contribution is -1.93. The van der Waals surface area contributed by atoms with Gasteiger partial charge in [0.1, 0.15) is 0 Å². The van der Waals surface area contributed by atoms with Crippen LogP contribution in [0.2, 0.25) is 5.02 Å². The highest BCUT2D eigenvalue weighted by Crippen LogP contribution is 2.28. The predicted octanol–water partition coefficient (Wildman–Crippen LogP) is 5.41. The fraction of sp³-hybridized carbons (Fsp3) is 0.0714. The standard InChI is InChI=1S/C14H10BrClN2S/c1-8-3-2-4-12-13(8)17-14(19)18(12)9-5-6-11(16)10(15)7-9/h2-7H,1H3,(H,17,19). The summed E-state index contributed by atoms with van der Waals surface area (Å²) in [6, 6.07) is 11.9. The van der Waals surface area contributed by atoms with Crippen LogP contribution in [0.25, 0.3) is 16.7 Å². The van der Waals surface area contributed by atoms with Crippen molar-refractivity contribution in [3.05, 3.63) is 56.2 Å². The molecular formula is C14H10BrClN2S. The zero-order valence-electron chi connectivity index (χ0n) is 10.1. The largest absolute Gasteiger partial charge is 0.330 e. The molecule has 0 bridgehead atoms. The molecule has 0 amide bonds. The SMILES string of the molecule is Cc1cccc2c1[nH]c(=S)n2-c1ccc(Cl)c(Br)c1. The second-order valence-corrected chi connectivity index (χ2v) is 5.98. The maximum atomic E-state index is 6.04. The van der Waals surface area contributed by atoms with Crippen molar-refractivity contribution < 1.29 is 0 Å². The lowest BCUT2D eigenvalue weighted by Gasteiger charge is -2.06. The number of aromatic amines is 1. The molecule has 3 rings (SSSR count). The number of imidazole rings is 1. The molecule has 2 aromatic carbocycles. The molecule has 0 spiro atoms. The summed E-state index contributed by atoms with van der Waals surface area (Å²) in [6.07, 6.45) is 0. The molecule has 0 aliphatic carbocycles. The Morgan fingerprint density at radius 3 is 2.79 bits per heavy atom. The Bertz CT molecular complexity index is 835. The van der Waals surface area contributed by atoms with Crippen LogP contribution in [0.15, 0.2) is 40.9 Å². The molecule has 0 aliphatic heterocycles. The molecule has 96 valence electrons. The van der Waals surface area contributed by atoms with E-state index in [-0.39, 0.29) is 0 Å². The fourth-order valence-corrected chi connectivity index (χ4v) is 2.94. The number of hydrogen-bond donors (Lipinski definition) is 1. The van der Waals surface area contributed by atoms with E-state index in [0.29, 0.717) is 9.79 Å². The lowest BCUT2D eigenvalue weighted by atomic mass is 10.2. The van der Waals surface area contributed by atoms with Crippen LogP contribution in [0.5, 0.6) is 0 Å². The molecular weight excluding hydrogens is 344 g/mol. The molecule has 1 heterocycles. The topological polar surface area (TPSA) is 20.7 Å². The minimum atomic E-state index is 0.679. The molecule has 1 N–H and O–H groups in total. The van der Waals surface area contributed by atoms with Gasteiger partial charge in [-0.25, -0.2) is 0 Å². The van der Waals surface area contributed by atoms with Crippen LogP contribution in [0, 0.1) is 11.7 Å². The van der Waals surface area contributed by atoms with Gasteiger partial charge in [-0.1, -0.05) is 23.7 Å².